The summed E-state index contributed by atoms with van der Waals surface area (Å²) in [5.74, 6) is -0.887. The van der Waals surface area contributed by atoms with E-state index in [0.717, 1.165) is 12.1 Å². The van der Waals surface area contributed by atoms with E-state index in [1.165, 1.54) is 35.4 Å². The molecule has 0 saturated carbocycles. The Morgan fingerprint density at radius 3 is 2.40 bits per heavy atom. The first-order chi connectivity index (χ1) is 16.8. The number of aromatic nitrogens is 4. The topological polar surface area (TPSA) is 80.3 Å². The van der Waals surface area contributed by atoms with Crippen LogP contribution in [0.5, 0.6) is 0 Å². The lowest BCUT2D eigenvalue weighted by Crippen LogP contribution is -2.34. The van der Waals surface area contributed by atoms with E-state index in [9.17, 15) is 22.4 Å². The number of amides is 1. The van der Waals surface area contributed by atoms with Crippen molar-refractivity contribution in [1.82, 2.24) is 24.9 Å². The molecule has 2 aliphatic rings. The molecule has 0 radical (unpaired) electrons. The van der Waals surface area contributed by atoms with Crippen LogP contribution in [-0.4, -0.2) is 57.0 Å². The molecule has 2 unspecified atom stereocenters. The number of halogens is 4. The highest BCUT2D eigenvalue weighted by Crippen LogP contribution is 2.37. The first-order valence-electron chi connectivity index (χ1n) is 10.9. The van der Waals surface area contributed by atoms with Crippen LogP contribution >= 0.6 is 0 Å². The Morgan fingerprint density at radius 1 is 1.00 bits per heavy atom. The van der Waals surface area contributed by atoms with Crippen LogP contribution < -0.4 is 4.90 Å². The third kappa shape index (κ3) is 3.69. The minimum Gasteiger partial charge on any atom is -0.423 e. The Bertz CT molecular complexity index is 1400. The molecule has 2 saturated heterocycles. The molecule has 0 aliphatic carbocycles. The molecule has 4 heterocycles. The van der Waals surface area contributed by atoms with Gasteiger partial charge in [-0.15, -0.1) is 0 Å². The first-order valence-corrected chi connectivity index (χ1v) is 10.9. The van der Waals surface area contributed by atoms with E-state index in [0.29, 0.717) is 26.2 Å². The minimum absolute atomic E-state index is 0.0834. The maximum Gasteiger partial charge on any atom is 0.416 e. The lowest BCUT2D eigenvalue weighted by atomic mass is 10.0. The Kier molecular flexibility index (Phi) is 4.80. The van der Waals surface area contributed by atoms with Gasteiger partial charge in [0, 0.05) is 38.0 Å². The molecule has 35 heavy (non-hydrogen) atoms. The molecule has 4 aromatic rings. The number of hydrogen-bond donors (Lipinski definition) is 0. The number of hydrogen-bond acceptors (Lipinski definition) is 6. The predicted octanol–water partition coefficient (Wildman–Crippen LogP) is 3.77. The number of alkyl halides is 3. The summed E-state index contributed by atoms with van der Waals surface area (Å²) in [4.78, 5) is 22.3. The standard InChI is InChI=1S/C23H18F4N6O2/c24-16-2-1-3-18(33-28-6-7-29-33)20(16)21(34)31-9-13-11-32(12-14(13)10-31)22-30-17-8-15(23(25,26)27)4-5-19(17)35-22/h1-8,13-14H,9-12H2. The molecule has 180 valence electrons. The first kappa shape index (κ1) is 21.6. The highest BCUT2D eigenvalue weighted by molar-refractivity contribution is 5.98. The second kappa shape index (κ2) is 7.79. The van der Waals surface area contributed by atoms with Crippen molar-refractivity contribution in [2.45, 2.75) is 6.18 Å². The van der Waals surface area contributed by atoms with Gasteiger partial charge < -0.3 is 14.2 Å². The molecule has 12 heteroatoms. The Morgan fingerprint density at radius 2 is 1.71 bits per heavy atom. The largest absolute Gasteiger partial charge is 0.423 e. The zero-order chi connectivity index (χ0) is 24.3. The van der Waals surface area contributed by atoms with Gasteiger partial charge in [-0.2, -0.15) is 33.1 Å². The Labute approximate surface area is 195 Å². The van der Waals surface area contributed by atoms with Crippen LogP contribution in [0.25, 0.3) is 16.8 Å². The van der Waals surface area contributed by atoms with Gasteiger partial charge in [0.2, 0.25) is 0 Å². The lowest BCUT2D eigenvalue weighted by molar-refractivity contribution is -0.137. The number of oxazole rings is 1. The zero-order valence-corrected chi connectivity index (χ0v) is 18.1. The van der Waals surface area contributed by atoms with Crippen LogP contribution in [0.4, 0.5) is 23.6 Å². The maximum atomic E-state index is 14.7. The number of fused-ring (bicyclic) bond motifs is 2. The lowest BCUT2D eigenvalue weighted by Gasteiger charge is -2.22. The van der Waals surface area contributed by atoms with Gasteiger partial charge in [-0.1, -0.05) is 6.07 Å². The van der Waals surface area contributed by atoms with Crippen LogP contribution in [0.1, 0.15) is 15.9 Å². The summed E-state index contributed by atoms with van der Waals surface area (Å²) in [5, 5.41) is 8.03. The molecule has 2 aromatic heterocycles. The number of benzene rings is 2. The zero-order valence-electron chi connectivity index (χ0n) is 18.1. The third-order valence-corrected chi connectivity index (χ3v) is 6.59. The minimum atomic E-state index is -4.46. The molecule has 1 amide bonds. The molecule has 6 rings (SSSR count). The molecule has 0 N–H and O–H groups in total. The van der Waals surface area contributed by atoms with Crippen molar-refractivity contribution in [3.05, 3.63) is 65.7 Å². The van der Waals surface area contributed by atoms with Crippen LogP contribution in [0.15, 0.2) is 53.2 Å². The number of carbonyl (C=O) groups excluding carboxylic acids is 1. The van der Waals surface area contributed by atoms with Crippen molar-refractivity contribution in [2.24, 2.45) is 11.8 Å². The summed E-state index contributed by atoms with van der Waals surface area (Å²) in [6.07, 6.45) is -1.56. The van der Waals surface area contributed by atoms with Crippen LogP contribution in [0, 0.1) is 17.7 Å². The van der Waals surface area contributed by atoms with Gasteiger partial charge >= 0.3 is 6.18 Å². The summed E-state index contributed by atoms with van der Waals surface area (Å²) in [6, 6.07) is 7.79. The molecular formula is C23H18F4N6O2. The summed E-state index contributed by atoms with van der Waals surface area (Å²) in [7, 11) is 0. The average molecular weight is 486 g/mol. The second-order valence-corrected chi connectivity index (χ2v) is 8.76. The van der Waals surface area contributed by atoms with Crippen LogP contribution in [0.2, 0.25) is 0 Å². The fourth-order valence-corrected chi connectivity index (χ4v) is 4.93. The van der Waals surface area contributed by atoms with Gasteiger partial charge in [-0.3, -0.25) is 4.79 Å². The van der Waals surface area contributed by atoms with Gasteiger partial charge in [-0.25, -0.2) is 4.39 Å². The summed E-state index contributed by atoms with van der Waals surface area (Å²) in [6.45, 7) is 1.88. The van der Waals surface area contributed by atoms with E-state index in [4.69, 9.17) is 4.42 Å². The summed E-state index contributed by atoms with van der Waals surface area (Å²) < 4.78 is 59.4. The van der Waals surface area contributed by atoms with E-state index in [2.05, 4.69) is 15.2 Å². The number of nitrogens with zero attached hydrogens (tertiary/aromatic N) is 6. The molecule has 2 fully saturated rings. The highest BCUT2D eigenvalue weighted by Gasteiger charge is 2.44. The van der Waals surface area contributed by atoms with Crippen LogP contribution in [-0.2, 0) is 6.18 Å². The van der Waals surface area contributed by atoms with E-state index >= 15 is 0 Å². The third-order valence-electron chi connectivity index (χ3n) is 6.59. The number of likely N-dealkylation sites (tertiary alicyclic amines) is 1. The monoisotopic (exact) mass is 486 g/mol. The number of carbonyl (C=O) groups is 1. The quantitative estimate of drug-likeness (QED) is 0.410. The molecule has 2 atom stereocenters. The average Bonchev–Trinajstić information content (AvgIpc) is 3.60. The SMILES string of the molecule is O=C(c1c(F)cccc1-n1nccn1)N1CC2CN(c3nc4cc(C(F)(F)F)ccc4o3)CC2C1. The van der Waals surface area contributed by atoms with Crippen molar-refractivity contribution in [3.8, 4) is 5.69 Å². The summed E-state index contributed by atoms with van der Waals surface area (Å²) >= 11 is 0. The van der Waals surface area contributed by atoms with Crippen molar-refractivity contribution < 1.29 is 26.8 Å². The number of anilines is 1. The van der Waals surface area contributed by atoms with Gasteiger partial charge in [0.05, 0.1) is 18.0 Å². The van der Waals surface area contributed by atoms with Crippen molar-refractivity contribution in [1.29, 1.82) is 0 Å². The normalized spacial score (nSPS) is 20.1. The predicted molar refractivity (Wildman–Crippen MR) is 115 cm³/mol. The van der Waals surface area contributed by atoms with Gasteiger partial charge in [0.1, 0.15) is 22.6 Å². The van der Waals surface area contributed by atoms with E-state index in [1.807, 2.05) is 4.90 Å². The number of rotatable bonds is 3. The van der Waals surface area contributed by atoms with Gasteiger partial charge in [0.25, 0.3) is 11.9 Å². The van der Waals surface area contributed by atoms with Gasteiger partial charge in [0.15, 0.2) is 5.58 Å². The summed E-state index contributed by atoms with van der Waals surface area (Å²) in [5.41, 5.74) is -0.178. The maximum absolute atomic E-state index is 14.7. The second-order valence-electron chi connectivity index (χ2n) is 8.76. The van der Waals surface area contributed by atoms with E-state index in [1.54, 1.807) is 11.0 Å². The highest BCUT2D eigenvalue weighted by atomic mass is 19.4. The smallest absolute Gasteiger partial charge is 0.416 e. The molecule has 2 aromatic carbocycles. The van der Waals surface area contributed by atoms with Crippen molar-refractivity contribution in [3.63, 3.8) is 0 Å². The Hall–Kier alpha value is -3.96. The van der Waals surface area contributed by atoms with E-state index < -0.39 is 23.5 Å². The van der Waals surface area contributed by atoms with E-state index in [-0.39, 0.29) is 40.2 Å². The molecule has 2 aliphatic heterocycles. The Balaban J connectivity index is 1.19. The van der Waals surface area contributed by atoms with Gasteiger partial charge in [-0.05, 0) is 30.3 Å². The molecule has 0 spiro atoms. The fraction of sp³-hybridized carbons (Fsp3) is 0.304. The van der Waals surface area contributed by atoms with Crippen molar-refractivity contribution in [2.75, 3.05) is 31.1 Å². The molecule has 8 nitrogen and oxygen atoms in total. The fourth-order valence-electron chi connectivity index (χ4n) is 4.93. The van der Waals surface area contributed by atoms with Crippen LogP contribution in [0.3, 0.4) is 0 Å². The molecule has 0 bridgehead atoms. The molecular weight excluding hydrogens is 468 g/mol. The van der Waals surface area contributed by atoms with Crippen molar-refractivity contribution >= 4 is 23.0 Å².